The molecule has 0 aromatic heterocycles. The van der Waals surface area contributed by atoms with Crippen LogP contribution >= 0.6 is 0 Å². The minimum atomic E-state index is -0.0978. The molecule has 124 valence electrons. The number of anilines is 1. The Morgan fingerprint density at radius 2 is 1.60 bits per heavy atom. The van der Waals surface area contributed by atoms with Gasteiger partial charge >= 0.3 is 0 Å². The fourth-order valence-corrected chi connectivity index (χ4v) is 3.50. The SMILES string of the molecule is CC1=C(Nc2cccc3c2C(=O)c2ccccc2C3=O)C=CCC1C. The Balaban J connectivity index is 1.83. The lowest BCUT2D eigenvalue weighted by atomic mass is 9.83. The maximum Gasteiger partial charge on any atom is 0.196 e. The number of carbonyl (C=O) groups excluding carboxylic acids is 2. The van der Waals surface area contributed by atoms with Crippen molar-refractivity contribution in [3.63, 3.8) is 0 Å². The molecule has 1 atom stereocenters. The van der Waals surface area contributed by atoms with Crippen LogP contribution in [0.2, 0.25) is 0 Å². The zero-order valence-electron chi connectivity index (χ0n) is 14.3. The number of fused-ring (bicyclic) bond motifs is 2. The Morgan fingerprint density at radius 1 is 0.920 bits per heavy atom. The molecular weight excluding hydrogens is 310 g/mol. The summed E-state index contributed by atoms with van der Waals surface area (Å²) in [4.78, 5) is 25.8. The number of rotatable bonds is 2. The van der Waals surface area contributed by atoms with Gasteiger partial charge < -0.3 is 5.32 Å². The third-order valence-corrected chi connectivity index (χ3v) is 5.16. The number of hydrogen-bond acceptors (Lipinski definition) is 3. The summed E-state index contributed by atoms with van der Waals surface area (Å²) in [6.07, 6.45) is 5.21. The maximum atomic E-state index is 13.0. The maximum absolute atomic E-state index is 13.0. The predicted molar refractivity (Wildman–Crippen MR) is 99.0 cm³/mol. The van der Waals surface area contributed by atoms with Crippen LogP contribution in [0.4, 0.5) is 5.69 Å². The Kier molecular flexibility index (Phi) is 3.65. The van der Waals surface area contributed by atoms with Crippen LogP contribution in [0.1, 0.15) is 52.1 Å². The monoisotopic (exact) mass is 329 g/mol. The molecule has 1 N–H and O–H groups in total. The van der Waals surface area contributed by atoms with Gasteiger partial charge in [0.25, 0.3) is 0 Å². The topological polar surface area (TPSA) is 46.2 Å². The van der Waals surface area contributed by atoms with Crippen molar-refractivity contribution < 1.29 is 9.59 Å². The minimum absolute atomic E-state index is 0.0906. The van der Waals surface area contributed by atoms with Crippen LogP contribution in [0.5, 0.6) is 0 Å². The molecule has 0 amide bonds. The molecule has 3 nitrogen and oxygen atoms in total. The Hall–Kier alpha value is -2.94. The second-order valence-electron chi connectivity index (χ2n) is 6.69. The highest BCUT2D eigenvalue weighted by Crippen LogP contribution is 2.34. The Labute approximate surface area is 147 Å². The lowest BCUT2D eigenvalue weighted by Crippen LogP contribution is -2.22. The number of carbonyl (C=O) groups is 2. The summed E-state index contributed by atoms with van der Waals surface area (Å²) in [7, 11) is 0. The normalized spacial score (nSPS) is 18.9. The first kappa shape index (κ1) is 15.6. The summed E-state index contributed by atoms with van der Waals surface area (Å²) in [6, 6.07) is 12.5. The molecule has 0 heterocycles. The molecule has 2 aliphatic rings. The highest BCUT2D eigenvalue weighted by molar-refractivity contribution is 6.30. The molecule has 0 fully saturated rings. The zero-order chi connectivity index (χ0) is 17.6. The van der Waals surface area contributed by atoms with Gasteiger partial charge in [0.2, 0.25) is 0 Å². The molecule has 0 aliphatic heterocycles. The van der Waals surface area contributed by atoms with Gasteiger partial charge in [-0.25, -0.2) is 0 Å². The number of nitrogens with one attached hydrogen (secondary N) is 1. The van der Waals surface area contributed by atoms with Crippen molar-refractivity contribution >= 4 is 17.3 Å². The second-order valence-corrected chi connectivity index (χ2v) is 6.69. The van der Waals surface area contributed by atoms with E-state index in [-0.39, 0.29) is 11.6 Å². The van der Waals surface area contributed by atoms with Crippen LogP contribution < -0.4 is 5.32 Å². The lowest BCUT2D eigenvalue weighted by molar-refractivity contribution is 0.0979. The summed E-state index contributed by atoms with van der Waals surface area (Å²) < 4.78 is 0. The molecule has 4 rings (SSSR count). The van der Waals surface area contributed by atoms with E-state index in [1.165, 1.54) is 5.57 Å². The Bertz CT molecular complexity index is 966. The molecule has 0 saturated carbocycles. The zero-order valence-corrected chi connectivity index (χ0v) is 14.3. The standard InChI is InChI=1S/C22H19NO2/c1-13-7-5-11-18(14(13)2)23-19-12-6-10-17-20(19)22(25)16-9-4-3-8-15(16)21(17)24/h3-6,8-13,23H,7H2,1-2H3. The smallest absolute Gasteiger partial charge is 0.196 e. The largest absolute Gasteiger partial charge is 0.355 e. The first-order valence-electron chi connectivity index (χ1n) is 8.53. The summed E-state index contributed by atoms with van der Waals surface area (Å²) in [5, 5.41) is 3.39. The number of ketones is 2. The molecule has 0 radical (unpaired) electrons. The fraction of sp³-hybridized carbons (Fsp3) is 0.182. The van der Waals surface area contributed by atoms with E-state index < -0.39 is 0 Å². The quantitative estimate of drug-likeness (QED) is 0.738. The molecule has 25 heavy (non-hydrogen) atoms. The van der Waals surface area contributed by atoms with Gasteiger partial charge in [-0.1, -0.05) is 49.4 Å². The molecule has 2 aromatic rings. The minimum Gasteiger partial charge on any atom is -0.355 e. The van der Waals surface area contributed by atoms with Crippen molar-refractivity contribution in [2.45, 2.75) is 20.3 Å². The highest BCUT2D eigenvalue weighted by atomic mass is 16.1. The first-order valence-corrected chi connectivity index (χ1v) is 8.53. The van der Waals surface area contributed by atoms with Gasteiger partial charge in [0.1, 0.15) is 0 Å². The number of benzene rings is 2. The average Bonchev–Trinajstić information content (AvgIpc) is 2.63. The van der Waals surface area contributed by atoms with E-state index in [4.69, 9.17) is 0 Å². The molecule has 0 saturated heterocycles. The van der Waals surface area contributed by atoms with Gasteiger partial charge in [-0.05, 0) is 37.0 Å². The number of hydrogen-bond donors (Lipinski definition) is 1. The highest BCUT2D eigenvalue weighted by Gasteiger charge is 2.31. The first-order chi connectivity index (χ1) is 12.1. The summed E-state index contributed by atoms with van der Waals surface area (Å²) in [5.41, 5.74) is 4.86. The Morgan fingerprint density at radius 3 is 2.36 bits per heavy atom. The van der Waals surface area contributed by atoms with Gasteiger partial charge in [0, 0.05) is 22.4 Å². The summed E-state index contributed by atoms with van der Waals surface area (Å²) in [6.45, 7) is 4.29. The van der Waals surface area contributed by atoms with E-state index in [2.05, 4.69) is 31.3 Å². The molecule has 2 aliphatic carbocycles. The van der Waals surface area contributed by atoms with Crippen molar-refractivity contribution in [2.75, 3.05) is 5.32 Å². The van der Waals surface area contributed by atoms with Crippen molar-refractivity contribution in [2.24, 2.45) is 5.92 Å². The molecule has 0 spiro atoms. The van der Waals surface area contributed by atoms with E-state index in [1.54, 1.807) is 30.3 Å². The second kappa shape index (κ2) is 5.85. The fourth-order valence-electron chi connectivity index (χ4n) is 3.50. The van der Waals surface area contributed by atoms with Crippen molar-refractivity contribution in [1.29, 1.82) is 0 Å². The van der Waals surface area contributed by atoms with Gasteiger partial charge in [-0.3, -0.25) is 9.59 Å². The average molecular weight is 329 g/mol. The van der Waals surface area contributed by atoms with E-state index in [1.807, 2.05) is 12.1 Å². The third kappa shape index (κ3) is 2.43. The molecule has 2 aromatic carbocycles. The van der Waals surface area contributed by atoms with Gasteiger partial charge in [0.05, 0.1) is 11.3 Å². The summed E-state index contributed by atoms with van der Waals surface area (Å²) in [5.74, 6) is 0.275. The van der Waals surface area contributed by atoms with Crippen molar-refractivity contribution in [3.05, 3.63) is 88.1 Å². The van der Waals surface area contributed by atoms with Crippen LogP contribution in [-0.2, 0) is 0 Å². The van der Waals surface area contributed by atoms with E-state index in [0.717, 1.165) is 12.1 Å². The van der Waals surface area contributed by atoms with Crippen LogP contribution in [0.25, 0.3) is 0 Å². The molecule has 3 heteroatoms. The van der Waals surface area contributed by atoms with Crippen LogP contribution in [0, 0.1) is 5.92 Å². The molecule has 0 bridgehead atoms. The van der Waals surface area contributed by atoms with Crippen molar-refractivity contribution in [3.8, 4) is 0 Å². The summed E-state index contributed by atoms with van der Waals surface area (Å²) >= 11 is 0. The lowest BCUT2D eigenvalue weighted by Gasteiger charge is -2.24. The van der Waals surface area contributed by atoms with Crippen LogP contribution in [0.3, 0.4) is 0 Å². The predicted octanol–water partition coefficient (Wildman–Crippen LogP) is 4.74. The van der Waals surface area contributed by atoms with Crippen molar-refractivity contribution in [1.82, 2.24) is 0 Å². The van der Waals surface area contributed by atoms with E-state index >= 15 is 0 Å². The van der Waals surface area contributed by atoms with E-state index in [9.17, 15) is 9.59 Å². The number of allylic oxidation sites excluding steroid dienone is 3. The van der Waals surface area contributed by atoms with Gasteiger partial charge in [-0.2, -0.15) is 0 Å². The van der Waals surface area contributed by atoms with E-state index in [0.29, 0.717) is 33.9 Å². The molecule has 1 unspecified atom stereocenters. The van der Waals surface area contributed by atoms with Crippen LogP contribution in [0.15, 0.2) is 65.9 Å². The van der Waals surface area contributed by atoms with Crippen LogP contribution in [-0.4, -0.2) is 11.6 Å². The third-order valence-electron chi connectivity index (χ3n) is 5.16. The van der Waals surface area contributed by atoms with Gasteiger partial charge in [0.15, 0.2) is 11.6 Å². The molecular formula is C22H19NO2. The van der Waals surface area contributed by atoms with Gasteiger partial charge in [-0.15, -0.1) is 0 Å².